The number of alkyl halides is 6. The molecule has 37 heavy (non-hydrogen) atoms. The molecule has 0 amide bonds. The molecule has 15 heteroatoms. The number of rotatable bonds is 5. The molecular weight excluding hydrogens is 518 g/mol. The molecular formula is C22H24F6N2O7. The molecule has 4 rings (SSSR count). The number of halogens is 6. The fraction of sp³-hybridized carbons (Fsp3) is 0.500. The summed E-state index contributed by atoms with van der Waals surface area (Å²) in [5.41, 5.74) is 1.15. The zero-order valence-electron chi connectivity index (χ0n) is 19.1. The van der Waals surface area contributed by atoms with Crippen molar-refractivity contribution < 1.29 is 60.0 Å². The van der Waals surface area contributed by atoms with Gasteiger partial charge >= 0.3 is 24.3 Å². The van der Waals surface area contributed by atoms with Crippen LogP contribution in [-0.2, 0) is 32.2 Å². The van der Waals surface area contributed by atoms with E-state index in [9.17, 15) is 26.3 Å². The quantitative estimate of drug-likeness (QED) is 0.542. The molecule has 2 aromatic rings. The highest BCUT2D eigenvalue weighted by Gasteiger charge is 2.44. The number of furan rings is 1. The fourth-order valence-electron chi connectivity index (χ4n) is 3.62. The molecule has 2 aliphatic rings. The van der Waals surface area contributed by atoms with Gasteiger partial charge in [-0.25, -0.2) is 9.59 Å². The zero-order chi connectivity index (χ0) is 27.6. The second kappa shape index (κ2) is 13.4. The van der Waals surface area contributed by atoms with Gasteiger partial charge in [-0.15, -0.1) is 0 Å². The summed E-state index contributed by atoms with van der Waals surface area (Å²) in [6, 6.07) is 8.39. The van der Waals surface area contributed by atoms with Crippen LogP contribution in [0.4, 0.5) is 26.3 Å². The molecule has 0 radical (unpaired) electrons. The molecule has 2 N–H and O–H groups in total. The number of carbonyl (C=O) groups is 2. The van der Waals surface area contributed by atoms with Gasteiger partial charge in [0.2, 0.25) is 0 Å². The van der Waals surface area contributed by atoms with Crippen molar-refractivity contribution in [2.75, 3.05) is 13.2 Å². The second-order valence-electron chi connectivity index (χ2n) is 7.86. The van der Waals surface area contributed by atoms with E-state index < -0.39 is 24.3 Å². The molecule has 0 spiro atoms. The van der Waals surface area contributed by atoms with E-state index in [0.29, 0.717) is 12.6 Å². The van der Waals surface area contributed by atoms with Gasteiger partial charge in [-0.3, -0.25) is 9.88 Å². The van der Waals surface area contributed by atoms with Crippen molar-refractivity contribution in [1.82, 2.24) is 9.88 Å². The van der Waals surface area contributed by atoms with E-state index in [-0.39, 0.29) is 12.2 Å². The van der Waals surface area contributed by atoms with Crippen molar-refractivity contribution in [3.63, 3.8) is 0 Å². The average Bonchev–Trinajstić information content (AvgIpc) is 3.46. The molecule has 4 heterocycles. The Hall–Kier alpha value is -3.17. The maximum absolute atomic E-state index is 10.6. The van der Waals surface area contributed by atoms with Gasteiger partial charge in [0.15, 0.2) is 0 Å². The Morgan fingerprint density at radius 3 is 2.16 bits per heavy atom. The summed E-state index contributed by atoms with van der Waals surface area (Å²) in [4.78, 5) is 24.3. The molecule has 2 fully saturated rings. The minimum Gasteiger partial charge on any atom is -0.475 e. The lowest BCUT2D eigenvalue weighted by molar-refractivity contribution is -0.193. The van der Waals surface area contributed by atoms with E-state index in [0.717, 1.165) is 37.4 Å². The lowest BCUT2D eigenvalue weighted by Crippen LogP contribution is -2.41. The van der Waals surface area contributed by atoms with E-state index in [1.54, 1.807) is 18.7 Å². The third-order valence-electron chi connectivity index (χ3n) is 5.22. The molecule has 9 nitrogen and oxygen atoms in total. The highest BCUT2D eigenvalue weighted by atomic mass is 19.4. The predicted octanol–water partition coefficient (Wildman–Crippen LogP) is 3.89. The van der Waals surface area contributed by atoms with Crippen molar-refractivity contribution in [3.8, 4) is 0 Å². The Morgan fingerprint density at radius 1 is 1.05 bits per heavy atom. The molecule has 0 saturated carbocycles. The topological polar surface area (TPSA) is 122 Å². The first-order chi connectivity index (χ1) is 17.3. The summed E-state index contributed by atoms with van der Waals surface area (Å²) in [7, 11) is 0. The average molecular weight is 542 g/mol. The number of aliphatic carboxylic acids is 2. The smallest absolute Gasteiger partial charge is 0.475 e. The van der Waals surface area contributed by atoms with Crippen LogP contribution in [0, 0.1) is 0 Å². The number of ether oxygens (including phenoxy) is 2. The summed E-state index contributed by atoms with van der Waals surface area (Å²) in [6.07, 6.45) is -2.26. The molecule has 2 aromatic heterocycles. The number of pyridine rings is 1. The van der Waals surface area contributed by atoms with Crippen LogP contribution in [0.1, 0.15) is 24.2 Å². The maximum Gasteiger partial charge on any atom is 0.490 e. The lowest BCUT2D eigenvalue weighted by Gasteiger charge is -2.32. The van der Waals surface area contributed by atoms with Crippen LogP contribution in [-0.4, -0.2) is 75.8 Å². The van der Waals surface area contributed by atoms with Gasteiger partial charge in [0, 0.05) is 31.6 Å². The highest BCUT2D eigenvalue weighted by molar-refractivity contribution is 5.73. The van der Waals surface area contributed by atoms with E-state index in [2.05, 4.69) is 9.88 Å². The summed E-state index contributed by atoms with van der Waals surface area (Å²) < 4.78 is 81.2. The SMILES string of the molecule is O=C(O)C(F)(F)F.O=C(O)C(F)(F)F.c1coc(CN2C[C@H](OCc3ccncc3)[C@H]3OCCC[C@H]32)c1. The van der Waals surface area contributed by atoms with Crippen molar-refractivity contribution in [2.24, 2.45) is 0 Å². The van der Waals surface area contributed by atoms with Crippen molar-refractivity contribution in [2.45, 2.75) is 56.6 Å². The fourth-order valence-corrected chi connectivity index (χ4v) is 3.62. The van der Waals surface area contributed by atoms with Gasteiger partial charge in [0.05, 0.1) is 25.5 Å². The van der Waals surface area contributed by atoms with Gasteiger partial charge in [0.1, 0.15) is 11.9 Å². The Bertz CT molecular complexity index is 946. The number of carboxylic acid groups (broad SMARTS) is 2. The highest BCUT2D eigenvalue weighted by Crippen LogP contribution is 2.32. The van der Waals surface area contributed by atoms with Crippen molar-refractivity contribution in [3.05, 3.63) is 54.2 Å². The Labute approximate surface area is 206 Å². The molecule has 0 bridgehead atoms. The second-order valence-corrected chi connectivity index (χ2v) is 7.86. The van der Waals surface area contributed by atoms with Crippen LogP contribution in [0.25, 0.3) is 0 Å². The van der Waals surface area contributed by atoms with E-state index in [1.165, 1.54) is 6.42 Å². The number of aromatic nitrogens is 1. The van der Waals surface area contributed by atoms with E-state index >= 15 is 0 Å². The molecule has 2 aliphatic heterocycles. The Kier molecular flexibility index (Phi) is 10.9. The first-order valence-corrected chi connectivity index (χ1v) is 10.8. The van der Waals surface area contributed by atoms with Crippen molar-refractivity contribution >= 4 is 11.9 Å². The summed E-state index contributed by atoms with van der Waals surface area (Å²) in [6.45, 7) is 3.16. The predicted molar refractivity (Wildman–Crippen MR) is 112 cm³/mol. The van der Waals surface area contributed by atoms with Crippen LogP contribution in [0.15, 0.2) is 47.3 Å². The van der Waals surface area contributed by atoms with Gasteiger partial charge in [-0.2, -0.15) is 26.3 Å². The normalized spacial score (nSPS) is 21.6. The number of likely N-dealkylation sites (tertiary alicyclic amines) is 1. The lowest BCUT2D eigenvalue weighted by atomic mass is 10.0. The number of nitrogens with zero attached hydrogens (tertiary/aromatic N) is 2. The van der Waals surface area contributed by atoms with Gasteiger partial charge in [0.25, 0.3) is 0 Å². The monoisotopic (exact) mass is 542 g/mol. The van der Waals surface area contributed by atoms with Gasteiger partial charge in [-0.05, 0) is 42.7 Å². The largest absolute Gasteiger partial charge is 0.490 e. The Morgan fingerprint density at radius 2 is 1.65 bits per heavy atom. The van der Waals surface area contributed by atoms with Crippen LogP contribution >= 0.6 is 0 Å². The zero-order valence-corrected chi connectivity index (χ0v) is 19.1. The van der Waals surface area contributed by atoms with Crippen molar-refractivity contribution in [1.29, 1.82) is 0 Å². The standard InChI is InChI=1S/C18H22N2O3.2C2HF3O2/c1-3-15(21-9-1)11-20-12-17(18-16(20)4-2-10-22-18)23-13-14-5-7-19-8-6-14;2*3-2(4,5)1(6)7/h1,3,5-9,16-18H,2,4,10-13H2;2*(H,6,7)/t16-,17+,18+;;/m1../s1. The van der Waals surface area contributed by atoms with E-state index in [1.807, 2.05) is 24.3 Å². The van der Waals surface area contributed by atoms with Crippen LogP contribution in [0.3, 0.4) is 0 Å². The summed E-state index contributed by atoms with van der Waals surface area (Å²) in [5.74, 6) is -4.51. The maximum atomic E-state index is 10.6. The molecule has 0 aromatic carbocycles. The number of fused-ring (bicyclic) bond motifs is 1. The van der Waals surface area contributed by atoms with Crippen LogP contribution in [0.2, 0.25) is 0 Å². The summed E-state index contributed by atoms with van der Waals surface area (Å²) in [5, 5.41) is 14.2. The third kappa shape index (κ3) is 10.0. The molecule has 2 saturated heterocycles. The van der Waals surface area contributed by atoms with Gasteiger partial charge in [-0.1, -0.05) is 0 Å². The van der Waals surface area contributed by atoms with E-state index in [4.69, 9.17) is 33.7 Å². The number of carboxylic acids is 2. The minimum atomic E-state index is -5.08. The number of hydrogen-bond donors (Lipinski definition) is 2. The molecule has 206 valence electrons. The van der Waals surface area contributed by atoms with Gasteiger partial charge < -0.3 is 24.1 Å². The van der Waals surface area contributed by atoms with Crippen LogP contribution in [0.5, 0.6) is 0 Å². The first kappa shape index (κ1) is 30.1. The van der Waals surface area contributed by atoms with Crippen LogP contribution < -0.4 is 0 Å². The first-order valence-electron chi connectivity index (χ1n) is 10.8. The molecule has 0 aliphatic carbocycles. The number of hydrogen-bond acceptors (Lipinski definition) is 7. The Balaban J connectivity index is 0.000000286. The summed E-state index contributed by atoms with van der Waals surface area (Å²) >= 11 is 0. The molecule has 0 unspecified atom stereocenters. The third-order valence-corrected chi connectivity index (χ3v) is 5.22. The molecule has 3 atom stereocenters. The minimum absolute atomic E-state index is 0.114.